The third-order valence-electron chi connectivity index (χ3n) is 9.49. The molecule has 0 radical (unpaired) electrons. The normalized spacial score (nSPS) is 13.5. The number of allylic oxidation sites excluding steroid dienone is 10. The summed E-state index contributed by atoms with van der Waals surface area (Å²) in [5.74, 6) is -1.52. The first-order valence-corrected chi connectivity index (χ1v) is 21.9. The molecule has 0 aliphatic rings. The Bertz CT molecular complexity index is 1090. The van der Waals surface area contributed by atoms with Crippen molar-refractivity contribution in [2.24, 2.45) is 0 Å². The molecule has 0 aromatic heterocycles. The molecule has 0 saturated carbocycles. The zero-order valence-corrected chi connectivity index (χ0v) is 35.9. The molecular formula is C47H82NO7+. The molecule has 0 aliphatic heterocycles. The van der Waals surface area contributed by atoms with Gasteiger partial charge in [-0.2, -0.15) is 0 Å². The number of esters is 2. The summed E-state index contributed by atoms with van der Waals surface area (Å²) < 4.78 is 17.2. The monoisotopic (exact) mass is 773 g/mol. The summed E-state index contributed by atoms with van der Waals surface area (Å²) in [4.78, 5) is 36.9. The molecule has 8 heteroatoms. The van der Waals surface area contributed by atoms with Crippen molar-refractivity contribution in [1.82, 2.24) is 0 Å². The lowest BCUT2D eigenvalue weighted by molar-refractivity contribution is -0.887. The summed E-state index contributed by atoms with van der Waals surface area (Å²) >= 11 is 0. The van der Waals surface area contributed by atoms with Gasteiger partial charge in [0, 0.05) is 19.3 Å². The van der Waals surface area contributed by atoms with Gasteiger partial charge in [-0.25, -0.2) is 4.79 Å². The molecule has 316 valence electrons. The SMILES string of the molecule is CC/C=C/C=C/C=C/CCCCCCCCCC(=O)OCC(COCCC(C(=O)O)[N+](C)(C)C)OC(=O)CCCCC/C=C/C=C/CCCCCCCCC. The fraction of sp³-hybridized carbons (Fsp3) is 0.723. The summed E-state index contributed by atoms with van der Waals surface area (Å²) in [5, 5.41) is 9.61. The Hall–Kier alpha value is -2.97. The molecule has 2 unspecified atom stereocenters. The van der Waals surface area contributed by atoms with Crippen LogP contribution in [-0.4, -0.2) is 80.6 Å². The maximum atomic E-state index is 12.7. The minimum atomic E-state index is -0.883. The number of carbonyl (C=O) groups excluding carboxylic acids is 2. The number of aliphatic carboxylic acids is 1. The summed E-state index contributed by atoms with van der Waals surface area (Å²) in [5.41, 5.74) is 0. The van der Waals surface area contributed by atoms with Crippen LogP contribution in [0.15, 0.2) is 60.8 Å². The van der Waals surface area contributed by atoms with Crippen molar-refractivity contribution < 1.29 is 38.2 Å². The molecule has 0 heterocycles. The second-order valence-corrected chi connectivity index (χ2v) is 15.7. The van der Waals surface area contributed by atoms with Gasteiger partial charge in [-0.1, -0.05) is 152 Å². The van der Waals surface area contributed by atoms with E-state index in [4.69, 9.17) is 14.2 Å². The number of carbonyl (C=O) groups is 3. The Labute approximate surface area is 337 Å². The third kappa shape index (κ3) is 36.4. The first kappa shape index (κ1) is 52.0. The Kier molecular flexibility index (Phi) is 35.9. The standard InChI is InChI=1S/C47H81NO7/c1-6-8-10-12-14-16-18-20-22-24-26-28-30-32-34-36-38-46(50)55-43(41-53-40-39-44(47(51)52)48(3,4)5)42-54-45(49)37-35-33-31-29-27-25-23-21-19-17-15-13-11-9-7-2/h9,11,13,15,17,19,22,24,26,28,43-44H,6-8,10,12,14,16,18,20-21,23,25,27,29-42H2,1-5H3/p+1/b11-9+,15-13+,19-17+,24-22+,28-26+. The molecular weight excluding hydrogens is 691 g/mol. The van der Waals surface area contributed by atoms with E-state index in [0.717, 1.165) is 64.2 Å². The number of rotatable bonds is 38. The van der Waals surface area contributed by atoms with Gasteiger partial charge >= 0.3 is 17.9 Å². The zero-order chi connectivity index (χ0) is 40.7. The van der Waals surface area contributed by atoms with E-state index in [1.165, 1.54) is 70.6 Å². The number of quaternary nitrogens is 1. The molecule has 0 aromatic rings. The summed E-state index contributed by atoms with van der Waals surface area (Å²) in [7, 11) is 5.51. The maximum Gasteiger partial charge on any atom is 0.362 e. The number of carboxylic acids is 1. The van der Waals surface area contributed by atoms with E-state index in [2.05, 4.69) is 74.6 Å². The van der Waals surface area contributed by atoms with Crippen LogP contribution in [-0.2, 0) is 28.6 Å². The molecule has 1 N–H and O–H groups in total. The lowest BCUT2D eigenvalue weighted by Gasteiger charge is -2.31. The molecule has 0 bridgehead atoms. The second kappa shape index (κ2) is 37.9. The predicted octanol–water partition coefficient (Wildman–Crippen LogP) is 11.8. The van der Waals surface area contributed by atoms with Crippen molar-refractivity contribution in [3.63, 3.8) is 0 Å². The smallest absolute Gasteiger partial charge is 0.362 e. The fourth-order valence-electron chi connectivity index (χ4n) is 6.08. The molecule has 8 nitrogen and oxygen atoms in total. The van der Waals surface area contributed by atoms with E-state index in [0.29, 0.717) is 19.3 Å². The highest BCUT2D eigenvalue weighted by molar-refractivity contribution is 5.72. The number of likely N-dealkylation sites (N-methyl/N-ethyl adjacent to an activating group) is 1. The van der Waals surface area contributed by atoms with Gasteiger partial charge in [-0.15, -0.1) is 0 Å². The Balaban J connectivity index is 4.43. The molecule has 2 atom stereocenters. The van der Waals surface area contributed by atoms with Crippen molar-refractivity contribution >= 4 is 17.9 Å². The minimum absolute atomic E-state index is 0.0442. The van der Waals surface area contributed by atoms with Gasteiger partial charge in [-0.05, 0) is 57.8 Å². The Morgan fingerprint density at radius 3 is 1.53 bits per heavy atom. The summed E-state index contributed by atoms with van der Waals surface area (Å²) in [6.45, 7) is 4.55. The van der Waals surface area contributed by atoms with Gasteiger partial charge in [0.15, 0.2) is 12.1 Å². The first-order chi connectivity index (χ1) is 26.6. The number of ether oxygens (including phenoxy) is 3. The van der Waals surface area contributed by atoms with E-state index in [9.17, 15) is 19.5 Å². The van der Waals surface area contributed by atoms with E-state index in [1.54, 1.807) is 0 Å². The van der Waals surface area contributed by atoms with Crippen LogP contribution in [0, 0.1) is 0 Å². The lowest BCUT2D eigenvalue weighted by Crippen LogP contribution is -2.50. The van der Waals surface area contributed by atoms with E-state index in [-0.39, 0.29) is 36.2 Å². The van der Waals surface area contributed by atoms with Crippen LogP contribution in [0.4, 0.5) is 0 Å². The fourth-order valence-corrected chi connectivity index (χ4v) is 6.08. The second-order valence-electron chi connectivity index (χ2n) is 15.7. The van der Waals surface area contributed by atoms with Gasteiger partial charge in [0.05, 0.1) is 34.4 Å². The van der Waals surface area contributed by atoms with Crippen molar-refractivity contribution in [2.75, 3.05) is 41.0 Å². The van der Waals surface area contributed by atoms with Crippen molar-refractivity contribution in [3.05, 3.63) is 60.8 Å². The van der Waals surface area contributed by atoms with Crippen LogP contribution in [0.5, 0.6) is 0 Å². The quantitative estimate of drug-likeness (QED) is 0.0289. The van der Waals surface area contributed by atoms with Crippen molar-refractivity contribution in [3.8, 4) is 0 Å². The third-order valence-corrected chi connectivity index (χ3v) is 9.49. The summed E-state index contributed by atoms with van der Waals surface area (Å²) in [6.07, 6.45) is 45.5. The molecule has 0 aliphatic carbocycles. The van der Waals surface area contributed by atoms with E-state index >= 15 is 0 Å². The highest BCUT2D eigenvalue weighted by atomic mass is 16.6. The van der Waals surface area contributed by atoms with Gasteiger partial charge in [0.2, 0.25) is 0 Å². The molecule has 55 heavy (non-hydrogen) atoms. The maximum absolute atomic E-state index is 12.7. The zero-order valence-electron chi connectivity index (χ0n) is 35.9. The largest absolute Gasteiger partial charge is 0.477 e. The van der Waals surface area contributed by atoms with Crippen LogP contribution >= 0.6 is 0 Å². The van der Waals surface area contributed by atoms with Crippen LogP contribution in [0.25, 0.3) is 0 Å². The van der Waals surface area contributed by atoms with Crippen molar-refractivity contribution in [2.45, 2.75) is 180 Å². The highest BCUT2D eigenvalue weighted by Crippen LogP contribution is 2.13. The number of hydrogen-bond donors (Lipinski definition) is 1. The number of unbranched alkanes of at least 4 members (excludes halogenated alkanes) is 17. The average Bonchev–Trinajstić information content (AvgIpc) is 3.14. The number of hydrogen-bond acceptors (Lipinski definition) is 6. The van der Waals surface area contributed by atoms with Gasteiger partial charge in [0.25, 0.3) is 0 Å². The van der Waals surface area contributed by atoms with Crippen LogP contribution in [0.1, 0.15) is 168 Å². The molecule has 0 rings (SSSR count). The molecule has 0 saturated heterocycles. The topological polar surface area (TPSA) is 99.1 Å². The molecule has 0 fully saturated rings. The van der Waals surface area contributed by atoms with E-state index in [1.807, 2.05) is 21.1 Å². The summed E-state index contributed by atoms with van der Waals surface area (Å²) in [6, 6.07) is -0.623. The Morgan fingerprint density at radius 2 is 1.02 bits per heavy atom. The van der Waals surface area contributed by atoms with E-state index < -0.39 is 18.1 Å². The predicted molar refractivity (Wildman–Crippen MR) is 229 cm³/mol. The van der Waals surface area contributed by atoms with Crippen molar-refractivity contribution in [1.29, 1.82) is 0 Å². The Morgan fingerprint density at radius 1 is 0.564 bits per heavy atom. The minimum Gasteiger partial charge on any atom is -0.477 e. The van der Waals surface area contributed by atoms with Gasteiger partial charge < -0.3 is 23.8 Å². The first-order valence-electron chi connectivity index (χ1n) is 21.9. The van der Waals surface area contributed by atoms with Gasteiger partial charge in [0.1, 0.15) is 6.61 Å². The molecule has 0 amide bonds. The van der Waals surface area contributed by atoms with Gasteiger partial charge in [-0.3, -0.25) is 9.59 Å². The van der Waals surface area contributed by atoms with Crippen LogP contribution in [0.3, 0.4) is 0 Å². The number of nitrogens with zero attached hydrogens (tertiary/aromatic N) is 1. The number of carboxylic acid groups (broad SMARTS) is 1. The van der Waals surface area contributed by atoms with Crippen LogP contribution in [0.2, 0.25) is 0 Å². The molecule has 0 spiro atoms. The van der Waals surface area contributed by atoms with Crippen LogP contribution < -0.4 is 0 Å². The highest BCUT2D eigenvalue weighted by Gasteiger charge is 2.31. The average molecular weight is 773 g/mol. The molecule has 0 aromatic carbocycles. The lowest BCUT2D eigenvalue weighted by atomic mass is 10.1.